The van der Waals surface area contributed by atoms with Crippen molar-refractivity contribution in [1.29, 1.82) is 0 Å². The number of carbonyl (C=O) groups is 4. The summed E-state index contributed by atoms with van der Waals surface area (Å²) in [5.41, 5.74) is 3.65. The molecule has 3 aliphatic heterocycles. The maximum absolute atomic E-state index is 16.4. The van der Waals surface area contributed by atoms with Crippen molar-refractivity contribution >= 4 is 58.2 Å². The Morgan fingerprint density at radius 3 is 2.38 bits per heavy atom. The third kappa shape index (κ3) is 16.8. The SMILES string of the molecule is C=C(C)C=N/C(=C/c1c(CC(F)(F)F)c2cc(F)c3cc2n1CC(C)(C)COC(=O)C1CCCN(N1)C(=O)C(NC(=O)CC1CCCC1)Cc1nc-3cs1)C(C)OC.CCCN(CCC)C1CC1.CNC(=O)[C@H]1C(C2CC2)N1C. The van der Waals surface area contributed by atoms with Gasteiger partial charge in [0.1, 0.15) is 23.9 Å². The zero-order chi connectivity index (χ0) is 57.3. The lowest BCUT2D eigenvalue weighted by Gasteiger charge is -2.35. The van der Waals surface area contributed by atoms with Crippen LogP contribution in [0.4, 0.5) is 17.6 Å². The van der Waals surface area contributed by atoms with Gasteiger partial charge in [-0.05, 0) is 139 Å². The van der Waals surface area contributed by atoms with Gasteiger partial charge in [0.25, 0.3) is 5.91 Å². The lowest BCUT2D eigenvalue weighted by Crippen LogP contribution is -2.60. The molecule has 5 fully saturated rings. The fourth-order valence-corrected chi connectivity index (χ4v) is 12.1. The highest BCUT2D eigenvalue weighted by Gasteiger charge is 2.56. The number of benzene rings is 1. The number of alkyl halides is 3. The molecule has 5 heterocycles. The van der Waals surface area contributed by atoms with Crippen LogP contribution in [-0.2, 0) is 48.0 Å². The minimum atomic E-state index is -4.66. The molecule has 6 bridgehead atoms. The maximum Gasteiger partial charge on any atom is 0.393 e. The van der Waals surface area contributed by atoms with E-state index in [4.69, 9.17) is 14.5 Å². The first kappa shape index (κ1) is 61.6. The fraction of sp³-hybridized carbons (Fsp3) is 0.661. The van der Waals surface area contributed by atoms with E-state index in [1.165, 1.54) is 93.4 Å². The zero-order valence-electron chi connectivity index (χ0n) is 47.9. The van der Waals surface area contributed by atoms with Gasteiger partial charge < -0.3 is 29.6 Å². The minimum Gasteiger partial charge on any atom is -0.464 e. The number of cyclic esters (lactones) is 1. The van der Waals surface area contributed by atoms with Crippen molar-refractivity contribution in [1.82, 2.24) is 40.4 Å². The van der Waals surface area contributed by atoms with E-state index in [2.05, 4.69) is 51.3 Å². The highest BCUT2D eigenvalue weighted by Crippen LogP contribution is 2.46. The highest BCUT2D eigenvalue weighted by molar-refractivity contribution is 7.10. The van der Waals surface area contributed by atoms with Crippen molar-refractivity contribution in [2.45, 2.75) is 187 Å². The number of esters is 1. The van der Waals surface area contributed by atoms with Gasteiger partial charge in [-0.3, -0.25) is 34.1 Å². The topological polar surface area (TPSA) is 162 Å². The smallest absolute Gasteiger partial charge is 0.393 e. The first-order valence-electron chi connectivity index (χ1n) is 28.6. The van der Waals surface area contributed by atoms with Gasteiger partial charge in [-0.2, -0.15) is 13.2 Å². The van der Waals surface area contributed by atoms with Gasteiger partial charge in [-0.15, -0.1) is 11.3 Å². The van der Waals surface area contributed by atoms with Crippen molar-refractivity contribution < 1.29 is 46.2 Å². The van der Waals surface area contributed by atoms with E-state index in [0.717, 1.165) is 43.7 Å². The van der Waals surface area contributed by atoms with Gasteiger partial charge in [0.2, 0.25) is 11.8 Å². The molecule has 3 aromatic rings. The Morgan fingerprint density at radius 1 is 1.08 bits per heavy atom. The Balaban J connectivity index is 0.000000353. The lowest BCUT2D eigenvalue weighted by atomic mass is 9.94. The molecule has 9 rings (SSSR count). The van der Waals surface area contributed by atoms with Gasteiger partial charge in [0, 0.05) is 91.3 Å². The van der Waals surface area contributed by atoms with E-state index in [0.29, 0.717) is 47.2 Å². The average molecular weight is 1120 g/mol. The third-order valence-electron chi connectivity index (χ3n) is 15.7. The number of hydrogen-bond acceptors (Lipinski definition) is 12. The van der Waals surface area contributed by atoms with Crippen molar-refractivity contribution in [3.8, 4) is 11.3 Å². The second kappa shape index (κ2) is 27.2. The molecular formula is C59H85F4N9O6S. The van der Waals surface area contributed by atoms with Gasteiger partial charge >= 0.3 is 12.1 Å². The maximum atomic E-state index is 16.4. The van der Waals surface area contributed by atoms with E-state index in [-0.39, 0.29) is 77.7 Å². The van der Waals surface area contributed by atoms with Crippen LogP contribution in [-0.4, -0.2) is 144 Å². The largest absolute Gasteiger partial charge is 0.464 e. The van der Waals surface area contributed by atoms with Crippen molar-refractivity contribution in [2.75, 3.05) is 47.4 Å². The van der Waals surface area contributed by atoms with Crippen LogP contribution in [0.15, 0.2) is 40.4 Å². The van der Waals surface area contributed by atoms with E-state index in [1.807, 2.05) is 20.9 Å². The summed E-state index contributed by atoms with van der Waals surface area (Å²) in [5, 5.41) is 9.10. The summed E-state index contributed by atoms with van der Waals surface area (Å²) in [6, 6.07) is 2.44. The molecule has 15 nitrogen and oxygen atoms in total. The van der Waals surface area contributed by atoms with Gasteiger partial charge in [-0.25, -0.2) is 14.8 Å². The van der Waals surface area contributed by atoms with Crippen LogP contribution in [0.1, 0.15) is 141 Å². The molecule has 1 aromatic carbocycles. The molecule has 2 aromatic heterocycles. The standard InChI is InChI=1S/C42H52F4N6O5S.C9H19N.C8H14N2O/c1-24(2)20-47-32(25(3)56-6)17-36-29(19-42(44,45)46)27-15-30(43)28-16-35(27)51(36)22-41(4,5)23-57-40(55)31-12-9-13-52(50-31)39(54)33(18-38-49-34(28)21-58-38)48-37(53)14-26-10-7-8-11-26;1-3-7-10(8-4-2)9-5-6-9;1-9-8(11)7-6(10(7)2)5-3-4-5/h15-17,20-21,25-26,31,33,50H,1,7-14,18-19,22-23H2,2-6H3,(H,48,53);9H,3-8H2,1-2H3;5-7H,3-4H2,1-2H3,(H,9,11)/b32-17+,47-20?;;/t;;6?,7-,10?/m..1/s1. The molecule has 3 saturated carbocycles. The van der Waals surface area contributed by atoms with Crippen LogP contribution >= 0.6 is 11.3 Å². The van der Waals surface area contributed by atoms with E-state index in [1.54, 1.807) is 30.8 Å². The number of hydrazine groups is 1. The number of amides is 3. The second-order valence-corrected chi connectivity index (χ2v) is 24.3. The summed E-state index contributed by atoms with van der Waals surface area (Å²) in [6.07, 6.45) is 9.74. The number of halogens is 4. The molecule has 3 aliphatic carbocycles. The molecule has 6 aliphatic rings. The number of aromatic nitrogens is 2. The first-order valence-corrected chi connectivity index (χ1v) is 29.4. The Hall–Kier alpha value is -5.02. The number of methoxy groups -OCH3 is 1. The van der Waals surface area contributed by atoms with Gasteiger partial charge in [0.05, 0.1) is 35.5 Å². The van der Waals surface area contributed by atoms with Crippen LogP contribution in [0, 0.1) is 23.1 Å². The van der Waals surface area contributed by atoms with E-state index >= 15 is 4.39 Å². The number of likely N-dealkylation sites (N-methyl/N-ethyl adjacent to an activating group) is 2. The van der Waals surface area contributed by atoms with Crippen LogP contribution < -0.4 is 16.1 Å². The lowest BCUT2D eigenvalue weighted by molar-refractivity contribution is -0.155. The Morgan fingerprint density at radius 2 is 1.77 bits per heavy atom. The zero-order valence-corrected chi connectivity index (χ0v) is 48.7. The molecule has 3 N–H and O–H groups in total. The molecule has 0 spiro atoms. The summed E-state index contributed by atoms with van der Waals surface area (Å²) in [4.78, 5) is 66.2. The van der Waals surface area contributed by atoms with Crippen molar-refractivity contribution in [3.63, 3.8) is 0 Å². The molecule has 436 valence electrons. The predicted octanol–water partition coefficient (Wildman–Crippen LogP) is 9.81. The van der Waals surface area contributed by atoms with E-state index < -0.39 is 53.9 Å². The van der Waals surface area contributed by atoms with Crippen molar-refractivity contribution in [3.05, 3.63) is 57.4 Å². The number of thiazole rings is 1. The number of ether oxygens (including phenoxy) is 2. The number of allylic oxidation sites excluding steroid dienone is 1. The van der Waals surface area contributed by atoms with E-state index in [9.17, 15) is 32.3 Å². The van der Waals surface area contributed by atoms with Gasteiger partial charge in [-0.1, -0.05) is 47.1 Å². The molecule has 2 saturated heterocycles. The Bertz CT molecular complexity index is 2680. The number of aliphatic imine (C=N–C) groups is 1. The molecule has 79 heavy (non-hydrogen) atoms. The summed E-state index contributed by atoms with van der Waals surface area (Å²) in [6.45, 7) is 18.3. The number of nitrogens with one attached hydrogen (secondary N) is 3. The van der Waals surface area contributed by atoms with Crippen LogP contribution in [0.5, 0.6) is 0 Å². The average Bonchev–Trinajstić information content (AvgIpc) is 4.52. The van der Waals surface area contributed by atoms with Crippen LogP contribution in [0.25, 0.3) is 28.2 Å². The minimum absolute atomic E-state index is 0.00252. The monoisotopic (exact) mass is 1120 g/mol. The fourth-order valence-electron chi connectivity index (χ4n) is 11.2. The third-order valence-corrected chi connectivity index (χ3v) is 16.6. The Kier molecular flexibility index (Phi) is 21.2. The molecule has 20 heteroatoms. The summed E-state index contributed by atoms with van der Waals surface area (Å²) in [5.74, 6) is -0.830. The summed E-state index contributed by atoms with van der Waals surface area (Å²) in [7, 11) is 5.20. The summed E-state index contributed by atoms with van der Waals surface area (Å²) < 4.78 is 72.8. The van der Waals surface area contributed by atoms with Crippen LogP contribution in [0.3, 0.4) is 0 Å². The number of nitrogens with zero attached hydrogens (tertiary/aromatic N) is 6. The van der Waals surface area contributed by atoms with Crippen LogP contribution in [0.2, 0.25) is 0 Å². The second-order valence-electron chi connectivity index (χ2n) is 23.4. The number of hydrogen-bond donors (Lipinski definition) is 3. The number of carbonyl (C=O) groups excluding carboxylic acids is 4. The summed E-state index contributed by atoms with van der Waals surface area (Å²) >= 11 is 1.18. The number of fused-ring (bicyclic) bond motifs is 6. The molecule has 6 atom stereocenters. The molecular weight excluding hydrogens is 1040 g/mol. The highest BCUT2D eigenvalue weighted by atomic mass is 32.1. The molecule has 0 radical (unpaired) electrons. The number of rotatable bonds is 16. The quantitative estimate of drug-likeness (QED) is 0.0545. The first-order chi connectivity index (χ1) is 37.5. The molecule has 5 unspecified atom stereocenters. The molecule has 3 amide bonds. The van der Waals surface area contributed by atoms with Crippen molar-refractivity contribution in [2.24, 2.45) is 22.2 Å². The normalized spacial score (nSPS) is 24.1. The predicted molar refractivity (Wildman–Crippen MR) is 303 cm³/mol. The Labute approximate surface area is 468 Å². The van der Waals surface area contributed by atoms with Gasteiger partial charge in [0.15, 0.2) is 0 Å².